The molecule has 16 heavy (non-hydrogen) atoms. The van der Waals surface area contributed by atoms with Crippen LogP contribution in [0.4, 0.5) is 11.4 Å². The Morgan fingerprint density at radius 1 is 0.812 bits per heavy atom. The van der Waals surface area contributed by atoms with E-state index in [9.17, 15) is 0 Å². The first-order chi connectivity index (χ1) is 7.69. The number of anilines is 2. The number of benzene rings is 1. The molecule has 0 bridgehead atoms. The van der Waals surface area contributed by atoms with Crippen molar-refractivity contribution in [3.8, 4) is 0 Å². The van der Waals surface area contributed by atoms with Crippen LogP contribution in [0, 0.1) is 0 Å². The fraction of sp³-hybridized carbons (Fsp3) is 0.571. The largest absolute Gasteiger partial charge is 0.397 e. The molecule has 90 valence electrons. The summed E-state index contributed by atoms with van der Waals surface area (Å²) in [6.07, 6.45) is 7.14. The van der Waals surface area contributed by atoms with Gasteiger partial charge in [-0.3, -0.25) is 0 Å². The van der Waals surface area contributed by atoms with Crippen LogP contribution >= 0.6 is 0 Å². The van der Waals surface area contributed by atoms with E-state index in [1.54, 1.807) is 0 Å². The zero-order valence-electron chi connectivity index (χ0n) is 10.6. The minimum atomic E-state index is 0.728. The third-order valence-electron chi connectivity index (χ3n) is 3.00. The van der Waals surface area contributed by atoms with E-state index in [2.05, 4.69) is 26.0 Å². The summed E-state index contributed by atoms with van der Waals surface area (Å²) in [5.74, 6) is 0. The first kappa shape index (κ1) is 12.9. The predicted molar refractivity (Wildman–Crippen MR) is 72.5 cm³/mol. The molecule has 2 heteroatoms. The van der Waals surface area contributed by atoms with Crippen molar-refractivity contribution in [1.82, 2.24) is 0 Å². The fourth-order valence-electron chi connectivity index (χ4n) is 1.93. The van der Waals surface area contributed by atoms with Crippen LogP contribution in [0.25, 0.3) is 0 Å². The van der Waals surface area contributed by atoms with Gasteiger partial charge in [0.25, 0.3) is 0 Å². The lowest BCUT2D eigenvalue weighted by molar-refractivity contribution is 0.759. The molecule has 0 aromatic heterocycles. The molecule has 0 radical (unpaired) electrons. The number of nitrogen functional groups attached to an aromatic ring is 2. The Balaban J connectivity index is 2.87. The Labute approximate surface area is 99.0 Å². The van der Waals surface area contributed by atoms with Crippen molar-refractivity contribution in [2.45, 2.75) is 52.4 Å². The molecule has 0 aliphatic carbocycles. The van der Waals surface area contributed by atoms with E-state index in [4.69, 9.17) is 11.5 Å². The Morgan fingerprint density at radius 3 is 1.50 bits per heavy atom. The molecule has 4 N–H and O–H groups in total. The van der Waals surface area contributed by atoms with Gasteiger partial charge in [0.2, 0.25) is 0 Å². The zero-order valence-corrected chi connectivity index (χ0v) is 10.6. The summed E-state index contributed by atoms with van der Waals surface area (Å²) in [6, 6.07) is 4.13. The quantitative estimate of drug-likeness (QED) is 0.720. The molecule has 0 unspecified atom stereocenters. The Bertz CT molecular complexity index is 299. The molecule has 1 rings (SSSR count). The molecule has 2 nitrogen and oxygen atoms in total. The van der Waals surface area contributed by atoms with Crippen LogP contribution in [-0.2, 0) is 12.8 Å². The van der Waals surface area contributed by atoms with Crippen molar-refractivity contribution in [3.05, 3.63) is 23.3 Å². The summed E-state index contributed by atoms with van der Waals surface area (Å²) in [5, 5.41) is 0. The van der Waals surface area contributed by atoms with Gasteiger partial charge in [0.15, 0.2) is 0 Å². The van der Waals surface area contributed by atoms with Crippen molar-refractivity contribution in [2.75, 3.05) is 11.5 Å². The highest BCUT2D eigenvalue weighted by Crippen LogP contribution is 2.24. The monoisotopic (exact) mass is 220 g/mol. The van der Waals surface area contributed by atoms with Crippen LogP contribution in [0.3, 0.4) is 0 Å². The molecule has 1 aromatic carbocycles. The number of hydrogen-bond acceptors (Lipinski definition) is 2. The molecule has 0 aliphatic heterocycles. The first-order valence-electron chi connectivity index (χ1n) is 6.35. The van der Waals surface area contributed by atoms with Gasteiger partial charge < -0.3 is 11.5 Å². The zero-order chi connectivity index (χ0) is 12.0. The molecule has 1 aromatic rings. The Kier molecular flexibility index (Phi) is 5.17. The van der Waals surface area contributed by atoms with Gasteiger partial charge in [-0.15, -0.1) is 0 Å². The Hall–Kier alpha value is -1.18. The lowest BCUT2D eigenvalue weighted by Gasteiger charge is -2.12. The van der Waals surface area contributed by atoms with Crippen LogP contribution in [0.1, 0.15) is 50.7 Å². The average molecular weight is 220 g/mol. The van der Waals surface area contributed by atoms with Crippen molar-refractivity contribution in [2.24, 2.45) is 0 Å². The summed E-state index contributed by atoms with van der Waals surface area (Å²) in [6.45, 7) is 4.43. The van der Waals surface area contributed by atoms with Crippen molar-refractivity contribution in [3.63, 3.8) is 0 Å². The van der Waals surface area contributed by atoms with E-state index in [0.717, 1.165) is 24.2 Å². The lowest BCUT2D eigenvalue weighted by atomic mass is 9.96. The van der Waals surface area contributed by atoms with Gasteiger partial charge in [-0.2, -0.15) is 0 Å². The second-order valence-electron chi connectivity index (χ2n) is 4.46. The minimum absolute atomic E-state index is 0.728. The van der Waals surface area contributed by atoms with Crippen LogP contribution in [0.15, 0.2) is 12.1 Å². The molecular weight excluding hydrogens is 196 g/mol. The maximum atomic E-state index is 5.86. The second kappa shape index (κ2) is 6.41. The van der Waals surface area contributed by atoms with Gasteiger partial charge in [-0.25, -0.2) is 0 Å². The number of nitrogens with two attached hydrogens (primary N) is 2. The highest BCUT2D eigenvalue weighted by Gasteiger charge is 2.05. The number of aryl methyl sites for hydroxylation is 2. The van der Waals surface area contributed by atoms with Gasteiger partial charge in [-0.05, 0) is 48.9 Å². The highest BCUT2D eigenvalue weighted by molar-refractivity contribution is 5.66. The molecule has 0 atom stereocenters. The molecule has 0 aliphatic rings. The van der Waals surface area contributed by atoms with Crippen molar-refractivity contribution < 1.29 is 0 Å². The summed E-state index contributed by atoms with van der Waals surface area (Å²) >= 11 is 0. The van der Waals surface area contributed by atoms with Gasteiger partial charge in [0.05, 0.1) is 11.4 Å². The summed E-state index contributed by atoms with van der Waals surface area (Å²) in [5.41, 5.74) is 16.0. The van der Waals surface area contributed by atoms with Crippen LogP contribution in [0.5, 0.6) is 0 Å². The van der Waals surface area contributed by atoms with Gasteiger partial charge in [-0.1, -0.05) is 26.7 Å². The topological polar surface area (TPSA) is 52.0 Å². The molecule has 0 saturated carbocycles. The maximum Gasteiger partial charge on any atom is 0.0550 e. The van der Waals surface area contributed by atoms with E-state index in [-0.39, 0.29) is 0 Å². The Morgan fingerprint density at radius 2 is 1.19 bits per heavy atom. The van der Waals surface area contributed by atoms with E-state index in [1.165, 1.54) is 36.8 Å². The van der Waals surface area contributed by atoms with E-state index < -0.39 is 0 Å². The van der Waals surface area contributed by atoms with Crippen molar-refractivity contribution >= 4 is 11.4 Å². The molecular formula is C14H24N2. The lowest BCUT2D eigenvalue weighted by Crippen LogP contribution is -2.01. The van der Waals surface area contributed by atoms with Gasteiger partial charge in [0, 0.05) is 0 Å². The molecule has 0 spiro atoms. The second-order valence-corrected chi connectivity index (χ2v) is 4.46. The van der Waals surface area contributed by atoms with E-state index in [1.807, 2.05) is 0 Å². The van der Waals surface area contributed by atoms with Crippen LogP contribution in [-0.4, -0.2) is 0 Å². The number of hydrogen-bond donors (Lipinski definition) is 2. The molecule has 0 amide bonds. The summed E-state index contributed by atoms with van der Waals surface area (Å²) in [4.78, 5) is 0. The standard InChI is InChI=1S/C14H24N2/c1-3-5-7-11-9-13(15)14(16)10-12(11)8-6-4-2/h9-10H,3-8,15-16H2,1-2H3. The maximum absolute atomic E-state index is 5.86. The normalized spacial score (nSPS) is 10.6. The highest BCUT2D eigenvalue weighted by atomic mass is 14.7. The number of unbranched alkanes of at least 4 members (excludes halogenated alkanes) is 2. The van der Waals surface area contributed by atoms with E-state index >= 15 is 0 Å². The summed E-state index contributed by atoms with van der Waals surface area (Å²) < 4.78 is 0. The predicted octanol–water partition coefficient (Wildman–Crippen LogP) is 3.54. The summed E-state index contributed by atoms with van der Waals surface area (Å²) in [7, 11) is 0. The molecule has 0 heterocycles. The van der Waals surface area contributed by atoms with Crippen LogP contribution < -0.4 is 11.5 Å². The van der Waals surface area contributed by atoms with Gasteiger partial charge in [0.1, 0.15) is 0 Å². The van der Waals surface area contributed by atoms with Crippen LogP contribution in [0.2, 0.25) is 0 Å². The van der Waals surface area contributed by atoms with E-state index in [0.29, 0.717) is 0 Å². The fourth-order valence-corrected chi connectivity index (χ4v) is 1.93. The molecule has 0 saturated heterocycles. The SMILES string of the molecule is CCCCc1cc(N)c(N)cc1CCCC. The van der Waals surface area contributed by atoms with Gasteiger partial charge >= 0.3 is 0 Å². The number of rotatable bonds is 6. The molecule has 0 fully saturated rings. The minimum Gasteiger partial charge on any atom is -0.397 e. The third kappa shape index (κ3) is 3.44. The smallest absolute Gasteiger partial charge is 0.0550 e. The first-order valence-corrected chi connectivity index (χ1v) is 6.35. The van der Waals surface area contributed by atoms with Crippen molar-refractivity contribution in [1.29, 1.82) is 0 Å². The average Bonchev–Trinajstić information content (AvgIpc) is 2.28. The third-order valence-corrected chi connectivity index (χ3v) is 3.00.